The second-order valence-corrected chi connectivity index (χ2v) is 7.03. The SMILES string of the molecule is COc1ccc(CC(=O)OCC(=O)Nc2c(C)nn(-c3ccc(C)cc3)c2C)cc1. The van der Waals surface area contributed by atoms with Crippen LogP contribution < -0.4 is 10.1 Å². The van der Waals surface area contributed by atoms with Crippen LogP contribution in [0.15, 0.2) is 48.5 Å². The monoisotopic (exact) mass is 407 g/mol. The number of methoxy groups -OCH3 is 1. The van der Waals surface area contributed by atoms with Crippen molar-refractivity contribution in [2.45, 2.75) is 27.2 Å². The van der Waals surface area contributed by atoms with Gasteiger partial charge in [0.15, 0.2) is 6.61 Å². The van der Waals surface area contributed by atoms with E-state index in [-0.39, 0.29) is 13.0 Å². The van der Waals surface area contributed by atoms with Crippen molar-refractivity contribution in [3.05, 3.63) is 71.0 Å². The van der Waals surface area contributed by atoms with Crippen molar-refractivity contribution in [3.63, 3.8) is 0 Å². The van der Waals surface area contributed by atoms with Crippen LogP contribution in [0.3, 0.4) is 0 Å². The molecule has 30 heavy (non-hydrogen) atoms. The summed E-state index contributed by atoms with van der Waals surface area (Å²) in [6.07, 6.45) is 0.0840. The van der Waals surface area contributed by atoms with E-state index >= 15 is 0 Å². The average molecular weight is 407 g/mol. The fourth-order valence-electron chi connectivity index (χ4n) is 3.04. The number of aromatic nitrogens is 2. The Hall–Kier alpha value is -3.61. The number of carbonyl (C=O) groups is 2. The van der Waals surface area contributed by atoms with Gasteiger partial charge < -0.3 is 14.8 Å². The van der Waals surface area contributed by atoms with Gasteiger partial charge in [-0.15, -0.1) is 0 Å². The highest BCUT2D eigenvalue weighted by Crippen LogP contribution is 2.23. The van der Waals surface area contributed by atoms with E-state index in [1.54, 1.807) is 36.1 Å². The van der Waals surface area contributed by atoms with Gasteiger partial charge >= 0.3 is 5.97 Å². The average Bonchev–Trinajstić information content (AvgIpc) is 3.01. The molecule has 2 aromatic carbocycles. The predicted octanol–water partition coefficient (Wildman–Crippen LogP) is 3.53. The number of carbonyl (C=O) groups excluding carboxylic acids is 2. The van der Waals surface area contributed by atoms with Gasteiger partial charge in [-0.05, 0) is 50.6 Å². The standard InChI is InChI=1S/C23H25N3O4/c1-15-5-9-19(10-6-15)26-17(3)23(16(2)25-26)24-21(27)14-30-22(28)13-18-7-11-20(29-4)12-8-18/h5-12H,13-14H2,1-4H3,(H,24,27). The third-order valence-corrected chi connectivity index (χ3v) is 4.71. The lowest BCUT2D eigenvalue weighted by Crippen LogP contribution is -2.22. The molecule has 0 bridgehead atoms. The minimum absolute atomic E-state index is 0.0840. The Kier molecular flexibility index (Phi) is 6.51. The zero-order valence-corrected chi connectivity index (χ0v) is 17.6. The summed E-state index contributed by atoms with van der Waals surface area (Å²) in [5.41, 5.74) is 4.96. The molecule has 0 fully saturated rings. The normalized spacial score (nSPS) is 10.5. The fraction of sp³-hybridized carbons (Fsp3) is 0.261. The highest BCUT2D eigenvalue weighted by Gasteiger charge is 2.16. The van der Waals surface area contributed by atoms with Crippen LogP contribution in [-0.2, 0) is 20.7 Å². The van der Waals surface area contributed by atoms with Crippen LogP contribution in [0.4, 0.5) is 5.69 Å². The van der Waals surface area contributed by atoms with Crippen LogP contribution in [0.1, 0.15) is 22.5 Å². The minimum atomic E-state index is -0.473. The van der Waals surface area contributed by atoms with Crippen molar-refractivity contribution in [1.82, 2.24) is 9.78 Å². The lowest BCUT2D eigenvalue weighted by atomic mass is 10.1. The molecule has 0 aliphatic carbocycles. The number of amides is 1. The molecule has 0 aliphatic rings. The Morgan fingerprint density at radius 2 is 1.67 bits per heavy atom. The molecular weight excluding hydrogens is 382 g/mol. The van der Waals surface area contributed by atoms with Crippen molar-refractivity contribution < 1.29 is 19.1 Å². The summed E-state index contributed by atoms with van der Waals surface area (Å²) in [6, 6.07) is 15.1. The molecule has 0 aliphatic heterocycles. The summed E-state index contributed by atoms with van der Waals surface area (Å²) >= 11 is 0. The number of benzene rings is 2. The summed E-state index contributed by atoms with van der Waals surface area (Å²) in [4.78, 5) is 24.3. The summed E-state index contributed by atoms with van der Waals surface area (Å²) in [5, 5.41) is 7.31. The van der Waals surface area contributed by atoms with Crippen LogP contribution >= 0.6 is 0 Å². The summed E-state index contributed by atoms with van der Waals surface area (Å²) in [7, 11) is 1.58. The molecule has 3 aromatic rings. The second-order valence-electron chi connectivity index (χ2n) is 7.03. The van der Waals surface area contributed by atoms with E-state index in [0.29, 0.717) is 17.1 Å². The van der Waals surface area contributed by atoms with Crippen molar-refractivity contribution >= 4 is 17.6 Å². The molecule has 0 spiro atoms. The number of aryl methyl sites for hydroxylation is 2. The van der Waals surface area contributed by atoms with Crippen LogP contribution in [0.5, 0.6) is 5.75 Å². The maximum absolute atomic E-state index is 12.3. The fourth-order valence-corrected chi connectivity index (χ4v) is 3.04. The predicted molar refractivity (Wildman–Crippen MR) is 114 cm³/mol. The molecule has 0 atom stereocenters. The van der Waals surface area contributed by atoms with Gasteiger partial charge in [-0.25, -0.2) is 4.68 Å². The van der Waals surface area contributed by atoms with E-state index in [1.165, 1.54) is 0 Å². The molecular formula is C23H25N3O4. The largest absolute Gasteiger partial charge is 0.497 e. The Bertz CT molecular complexity index is 1040. The molecule has 1 N–H and O–H groups in total. The Morgan fingerprint density at radius 1 is 1.00 bits per heavy atom. The highest BCUT2D eigenvalue weighted by atomic mass is 16.5. The van der Waals surface area contributed by atoms with E-state index < -0.39 is 11.9 Å². The van der Waals surface area contributed by atoms with Crippen molar-refractivity contribution in [2.24, 2.45) is 0 Å². The van der Waals surface area contributed by atoms with Gasteiger partial charge in [0.2, 0.25) is 0 Å². The molecule has 1 aromatic heterocycles. The third-order valence-electron chi connectivity index (χ3n) is 4.71. The molecule has 0 saturated heterocycles. The van der Waals surface area contributed by atoms with Gasteiger partial charge in [0, 0.05) is 0 Å². The van der Waals surface area contributed by atoms with E-state index in [1.807, 2.05) is 45.0 Å². The number of ether oxygens (including phenoxy) is 2. The minimum Gasteiger partial charge on any atom is -0.497 e. The number of nitrogens with one attached hydrogen (secondary N) is 1. The zero-order chi connectivity index (χ0) is 21.7. The molecule has 156 valence electrons. The highest BCUT2D eigenvalue weighted by molar-refractivity contribution is 5.94. The van der Waals surface area contributed by atoms with Gasteiger partial charge in [-0.2, -0.15) is 5.10 Å². The van der Waals surface area contributed by atoms with Gasteiger partial charge in [-0.1, -0.05) is 29.8 Å². The number of hydrogen-bond donors (Lipinski definition) is 1. The molecule has 3 rings (SSSR count). The van der Waals surface area contributed by atoms with Gasteiger partial charge in [0.1, 0.15) is 5.75 Å². The maximum Gasteiger partial charge on any atom is 0.310 e. The number of esters is 1. The number of hydrogen-bond acceptors (Lipinski definition) is 5. The van der Waals surface area contributed by atoms with Gasteiger partial charge in [-0.3, -0.25) is 9.59 Å². The first-order valence-corrected chi connectivity index (χ1v) is 9.59. The molecule has 1 heterocycles. The smallest absolute Gasteiger partial charge is 0.310 e. The van der Waals surface area contributed by atoms with E-state index in [9.17, 15) is 9.59 Å². The second kappa shape index (κ2) is 9.26. The van der Waals surface area contributed by atoms with Crippen LogP contribution in [0.25, 0.3) is 5.69 Å². The molecule has 0 radical (unpaired) electrons. The number of rotatable bonds is 7. The van der Waals surface area contributed by atoms with Crippen molar-refractivity contribution in [1.29, 1.82) is 0 Å². The van der Waals surface area contributed by atoms with Gasteiger partial charge in [0.25, 0.3) is 5.91 Å². The van der Waals surface area contributed by atoms with Crippen LogP contribution in [0.2, 0.25) is 0 Å². The first-order chi connectivity index (χ1) is 14.4. The van der Waals surface area contributed by atoms with E-state index in [4.69, 9.17) is 9.47 Å². The lowest BCUT2D eigenvalue weighted by Gasteiger charge is -2.08. The number of nitrogens with zero attached hydrogens (tertiary/aromatic N) is 2. The molecule has 0 saturated carbocycles. The zero-order valence-electron chi connectivity index (χ0n) is 17.6. The molecule has 7 nitrogen and oxygen atoms in total. The maximum atomic E-state index is 12.3. The Labute approximate surface area is 175 Å². The number of anilines is 1. The molecule has 1 amide bonds. The lowest BCUT2D eigenvalue weighted by molar-refractivity contribution is -0.146. The van der Waals surface area contributed by atoms with Crippen molar-refractivity contribution in [3.8, 4) is 11.4 Å². The molecule has 7 heteroatoms. The first kappa shape index (κ1) is 21.1. The van der Waals surface area contributed by atoms with Crippen molar-refractivity contribution in [2.75, 3.05) is 19.0 Å². The van der Waals surface area contributed by atoms with Crippen LogP contribution in [-0.4, -0.2) is 35.4 Å². The molecule has 0 unspecified atom stereocenters. The summed E-state index contributed by atoms with van der Waals surface area (Å²) < 4.78 is 12.0. The Balaban J connectivity index is 1.58. The topological polar surface area (TPSA) is 82.4 Å². The van der Waals surface area contributed by atoms with Gasteiger partial charge in [0.05, 0.1) is 36.3 Å². The first-order valence-electron chi connectivity index (χ1n) is 9.59. The van der Waals surface area contributed by atoms with E-state index in [0.717, 1.165) is 22.5 Å². The quantitative estimate of drug-likeness (QED) is 0.606. The summed E-state index contributed by atoms with van der Waals surface area (Å²) in [6.45, 7) is 5.37. The summed E-state index contributed by atoms with van der Waals surface area (Å²) in [5.74, 6) is -0.171. The van der Waals surface area contributed by atoms with Crippen LogP contribution in [0, 0.1) is 20.8 Å². The van der Waals surface area contributed by atoms with E-state index in [2.05, 4.69) is 10.4 Å². The third kappa shape index (κ3) is 5.05. The Morgan fingerprint density at radius 3 is 2.30 bits per heavy atom.